The largest absolute Gasteiger partial charge is 0.385 e. The molecule has 2 heterocycles. The lowest BCUT2D eigenvalue weighted by Gasteiger charge is -2.27. The fourth-order valence-corrected chi connectivity index (χ4v) is 3.57. The van der Waals surface area contributed by atoms with Crippen molar-refractivity contribution in [3.05, 3.63) is 11.3 Å². The van der Waals surface area contributed by atoms with Crippen LogP contribution in [0.4, 0.5) is 0 Å². The fourth-order valence-electron chi connectivity index (χ4n) is 3.57. The molecular weight excluding hydrogens is 220 g/mol. The van der Waals surface area contributed by atoms with E-state index in [-0.39, 0.29) is 12.4 Å². The van der Waals surface area contributed by atoms with E-state index < -0.39 is 0 Å². The molecule has 0 amide bonds. The van der Waals surface area contributed by atoms with Gasteiger partial charge in [-0.1, -0.05) is 13.8 Å². The zero-order chi connectivity index (χ0) is 10.4. The average molecular weight is 243 g/mol. The van der Waals surface area contributed by atoms with Gasteiger partial charge in [-0.05, 0) is 49.1 Å². The van der Waals surface area contributed by atoms with Crippen LogP contribution in [0.15, 0.2) is 11.3 Å². The molecule has 3 heteroatoms. The van der Waals surface area contributed by atoms with Gasteiger partial charge in [0.2, 0.25) is 0 Å². The number of halogens is 1. The highest BCUT2D eigenvalue weighted by Crippen LogP contribution is 2.50. The van der Waals surface area contributed by atoms with Crippen LogP contribution in [0.2, 0.25) is 0 Å². The van der Waals surface area contributed by atoms with E-state index in [1.165, 1.54) is 25.8 Å². The van der Waals surface area contributed by atoms with Crippen LogP contribution in [-0.2, 0) is 0 Å². The summed E-state index contributed by atoms with van der Waals surface area (Å²) in [6, 6.07) is 0.804. The molecule has 3 rings (SSSR count). The Labute approximate surface area is 105 Å². The second-order valence-electron chi connectivity index (χ2n) is 5.65. The molecule has 92 valence electrons. The Kier molecular flexibility index (Phi) is 3.50. The molecule has 2 aliphatic heterocycles. The molecule has 1 saturated carbocycles. The Bertz CT molecular complexity index is 282. The first-order chi connectivity index (χ1) is 7.27. The van der Waals surface area contributed by atoms with Crippen molar-refractivity contribution < 1.29 is 0 Å². The van der Waals surface area contributed by atoms with E-state index in [9.17, 15) is 0 Å². The number of hydrogen-bond donors (Lipinski definition) is 2. The van der Waals surface area contributed by atoms with Crippen molar-refractivity contribution in [2.45, 2.75) is 39.2 Å². The first kappa shape index (κ1) is 12.3. The Morgan fingerprint density at radius 1 is 1.25 bits per heavy atom. The second kappa shape index (κ2) is 4.58. The maximum atomic E-state index is 3.78. The Balaban J connectivity index is 0.000000963. The van der Waals surface area contributed by atoms with Crippen LogP contribution in [0.1, 0.15) is 33.1 Å². The van der Waals surface area contributed by atoms with Gasteiger partial charge in [-0.3, -0.25) is 0 Å². The lowest BCUT2D eigenvalue weighted by Crippen LogP contribution is -2.32. The molecule has 4 atom stereocenters. The molecule has 3 aliphatic rings. The molecule has 0 aromatic rings. The van der Waals surface area contributed by atoms with Gasteiger partial charge >= 0.3 is 0 Å². The van der Waals surface area contributed by atoms with Crippen molar-refractivity contribution in [1.29, 1.82) is 0 Å². The quantitative estimate of drug-likeness (QED) is 0.681. The van der Waals surface area contributed by atoms with E-state index >= 15 is 0 Å². The van der Waals surface area contributed by atoms with Crippen molar-refractivity contribution in [2.24, 2.45) is 17.8 Å². The number of nitrogens with one attached hydrogen (secondary N) is 2. The van der Waals surface area contributed by atoms with Crippen LogP contribution >= 0.6 is 12.4 Å². The number of rotatable bonds is 0. The predicted molar refractivity (Wildman–Crippen MR) is 69.7 cm³/mol. The zero-order valence-electron chi connectivity index (χ0n) is 10.3. The summed E-state index contributed by atoms with van der Waals surface area (Å²) in [5.74, 6) is 2.77. The molecule has 0 spiro atoms. The molecule has 0 aromatic carbocycles. The molecule has 1 aliphatic carbocycles. The predicted octanol–water partition coefficient (Wildman–Crippen LogP) is 2.31. The summed E-state index contributed by atoms with van der Waals surface area (Å²) in [6.45, 7) is 7.15. The molecular formula is C13H23ClN2. The summed E-state index contributed by atoms with van der Waals surface area (Å²) in [4.78, 5) is 0. The van der Waals surface area contributed by atoms with E-state index in [4.69, 9.17) is 0 Å². The number of fused-ring (bicyclic) bond motifs is 1. The molecule has 4 unspecified atom stereocenters. The molecule has 2 N–H and O–H groups in total. The molecule has 0 aromatic heterocycles. The van der Waals surface area contributed by atoms with Gasteiger partial charge in [0.15, 0.2) is 0 Å². The summed E-state index contributed by atoms with van der Waals surface area (Å²) in [5.41, 5.74) is 3.24. The first-order valence-electron chi connectivity index (χ1n) is 6.45. The average Bonchev–Trinajstić information content (AvgIpc) is 2.92. The number of piperidine rings is 2. The molecule has 2 nitrogen and oxygen atoms in total. The van der Waals surface area contributed by atoms with Crippen LogP contribution in [0, 0.1) is 17.8 Å². The highest BCUT2D eigenvalue weighted by Gasteiger charge is 2.52. The van der Waals surface area contributed by atoms with E-state index in [2.05, 4.69) is 24.5 Å². The first-order valence-corrected chi connectivity index (χ1v) is 6.45. The Hall–Kier alpha value is -0.210. The number of hydrogen-bond acceptors (Lipinski definition) is 2. The standard InChI is InChI=1S/C13H22N2.ClH/c1-8-6-11(10-4-3-5-14-7-10)15-13-9(2)12(8)13;/h8-9,12-15H,3-7H2,1-2H3;1H/b11-10+;. The van der Waals surface area contributed by atoms with Gasteiger partial charge in [-0.2, -0.15) is 0 Å². The summed E-state index contributed by atoms with van der Waals surface area (Å²) in [6.07, 6.45) is 3.93. The van der Waals surface area contributed by atoms with E-state index in [1.807, 2.05) is 0 Å². The van der Waals surface area contributed by atoms with Gasteiger partial charge in [0, 0.05) is 18.3 Å². The summed E-state index contributed by atoms with van der Waals surface area (Å²) < 4.78 is 0. The second-order valence-corrected chi connectivity index (χ2v) is 5.65. The van der Waals surface area contributed by atoms with Crippen molar-refractivity contribution in [3.63, 3.8) is 0 Å². The van der Waals surface area contributed by atoms with Crippen molar-refractivity contribution in [2.75, 3.05) is 13.1 Å². The van der Waals surface area contributed by atoms with E-state index in [0.29, 0.717) is 0 Å². The molecule has 2 saturated heterocycles. The Morgan fingerprint density at radius 3 is 2.69 bits per heavy atom. The monoisotopic (exact) mass is 242 g/mol. The molecule has 3 fully saturated rings. The van der Waals surface area contributed by atoms with Crippen molar-refractivity contribution in [1.82, 2.24) is 10.6 Å². The van der Waals surface area contributed by atoms with Gasteiger partial charge in [-0.25, -0.2) is 0 Å². The van der Waals surface area contributed by atoms with Gasteiger partial charge in [0.1, 0.15) is 0 Å². The maximum Gasteiger partial charge on any atom is 0.0321 e. The zero-order valence-corrected chi connectivity index (χ0v) is 11.1. The topological polar surface area (TPSA) is 24.1 Å². The minimum Gasteiger partial charge on any atom is -0.385 e. The fraction of sp³-hybridized carbons (Fsp3) is 0.846. The lowest BCUT2D eigenvalue weighted by atomic mass is 9.91. The highest BCUT2D eigenvalue weighted by molar-refractivity contribution is 5.85. The van der Waals surface area contributed by atoms with Gasteiger partial charge in [0.25, 0.3) is 0 Å². The van der Waals surface area contributed by atoms with E-state index in [1.54, 1.807) is 11.3 Å². The third-order valence-electron chi connectivity index (χ3n) is 4.57. The smallest absolute Gasteiger partial charge is 0.0321 e. The van der Waals surface area contributed by atoms with Gasteiger partial charge in [-0.15, -0.1) is 12.4 Å². The summed E-state index contributed by atoms with van der Waals surface area (Å²) in [7, 11) is 0. The highest BCUT2D eigenvalue weighted by atomic mass is 35.5. The van der Waals surface area contributed by atoms with Crippen LogP contribution in [0.5, 0.6) is 0 Å². The van der Waals surface area contributed by atoms with Crippen LogP contribution in [-0.4, -0.2) is 19.1 Å². The third-order valence-corrected chi connectivity index (χ3v) is 4.57. The minimum atomic E-state index is 0. The molecule has 16 heavy (non-hydrogen) atoms. The van der Waals surface area contributed by atoms with Gasteiger partial charge < -0.3 is 10.6 Å². The van der Waals surface area contributed by atoms with Crippen LogP contribution < -0.4 is 10.6 Å². The minimum absolute atomic E-state index is 0. The van der Waals surface area contributed by atoms with E-state index in [0.717, 1.165) is 30.3 Å². The van der Waals surface area contributed by atoms with Crippen molar-refractivity contribution in [3.8, 4) is 0 Å². The maximum absolute atomic E-state index is 3.78. The number of allylic oxidation sites excluding steroid dienone is 1. The van der Waals surface area contributed by atoms with Crippen molar-refractivity contribution >= 4 is 12.4 Å². The molecule has 0 radical (unpaired) electrons. The lowest BCUT2D eigenvalue weighted by molar-refractivity contribution is 0.412. The third kappa shape index (κ3) is 1.98. The SMILES string of the molecule is CC1C/C(=C2/CCCNC2)NC2C(C)C12.Cl. The summed E-state index contributed by atoms with van der Waals surface area (Å²) >= 11 is 0. The Morgan fingerprint density at radius 2 is 2.06 bits per heavy atom. The summed E-state index contributed by atoms with van der Waals surface area (Å²) in [5, 5.41) is 7.27. The van der Waals surface area contributed by atoms with Gasteiger partial charge in [0.05, 0.1) is 0 Å². The van der Waals surface area contributed by atoms with Crippen LogP contribution in [0.3, 0.4) is 0 Å². The molecule has 0 bridgehead atoms. The normalized spacial score (nSPS) is 46.4. The van der Waals surface area contributed by atoms with Crippen LogP contribution in [0.25, 0.3) is 0 Å².